The van der Waals surface area contributed by atoms with Gasteiger partial charge in [0.15, 0.2) is 5.96 Å². The Morgan fingerprint density at radius 1 is 0.900 bits per heavy atom. The molecule has 1 fully saturated rings. The number of guanidine groups is 1. The molecule has 6 heteroatoms. The first-order valence-corrected chi connectivity index (χ1v) is 10.7. The van der Waals surface area contributed by atoms with E-state index in [0.29, 0.717) is 6.54 Å². The Kier molecular flexibility index (Phi) is 8.39. The van der Waals surface area contributed by atoms with Gasteiger partial charge in [-0.15, -0.1) is 0 Å². The molecule has 6 nitrogen and oxygen atoms in total. The van der Waals surface area contributed by atoms with Crippen molar-refractivity contribution in [2.24, 2.45) is 4.99 Å². The lowest BCUT2D eigenvalue weighted by Gasteiger charge is -2.26. The lowest BCUT2D eigenvalue weighted by Crippen LogP contribution is -2.36. The van der Waals surface area contributed by atoms with Crippen molar-refractivity contribution in [3.63, 3.8) is 0 Å². The van der Waals surface area contributed by atoms with Crippen LogP contribution in [-0.4, -0.2) is 45.2 Å². The lowest BCUT2D eigenvalue weighted by atomic mass is 10.1. The Bertz CT molecular complexity index is 814. The van der Waals surface area contributed by atoms with Gasteiger partial charge in [0, 0.05) is 38.3 Å². The van der Waals surface area contributed by atoms with Crippen LogP contribution >= 0.6 is 0 Å². The second kappa shape index (κ2) is 11.5. The Morgan fingerprint density at radius 2 is 1.60 bits per heavy atom. The zero-order chi connectivity index (χ0) is 21.2. The van der Waals surface area contributed by atoms with Gasteiger partial charge in [-0.05, 0) is 49.2 Å². The maximum atomic E-state index is 5.46. The molecule has 2 aromatic rings. The molecule has 1 heterocycles. The number of aliphatic imine (C=N–C) groups is 1. The summed E-state index contributed by atoms with van der Waals surface area (Å²) in [5.74, 6) is 2.33. The van der Waals surface area contributed by atoms with Crippen molar-refractivity contribution in [1.29, 1.82) is 0 Å². The predicted molar refractivity (Wildman–Crippen MR) is 122 cm³/mol. The Balaban J connectivity index is 1.48. The number of methoxy groups -OCH3 is 2. The van der Waals surface area contributed by atoms with Crippen LogP contribution < -0.4 is 20.1 Å². The summed E-state index contributed by atoms with van der Waals surface area (Å²) < 4.78 is 10.7. The molecular formula is C24H34N4O2. The second-order valence-electron chi connectivity index (χ2n) is 7.61. The van der Waals surface area contributed by atoms with E-state index in [4.69, 9.17) is 9.47 Å². The van der Waals surface area contributed by atoms with E-state index in [1.165, 1.54) is 43.5 Å². The fourth-order valence-electron chi connectivity index (χ4n) is 3.72. The van der Waals surface area contributed by atoms with Crippen LogP contribution in [0.15, 0.2) is 47.5 Å². The van der Waals surface area contributed by atoms with Crippen molar-refractivity contribution < 1.29 is 9.47 Å². The quantitative estimate of drug-likeness (QED) is 0.515. The van der Waals surface area contributed by atoms with Crippen LogP contribution in [0.3, 0.4) is 0 Å². The van der Waals surface area contributed by atoms with Gasteiger partial charge in [-0.2, -0.15) is 0 Å². The first-order chi connectivity index (χ1) is 14.7. The van der Waals surface area contributed by atoms with Crippen LogP contribution in [0.5, 0.6) is 11.5 Å². The molecule has 1 aliphatic heterocycles. The predicted octanol–water partition coefficient (Wildman–Crippen LogP) is 3.55. The molecule has 0 spiro atoms. The van der Waals surface area contributed by atoms with E-state index in [9.17, 15) is 0 Å². The minimum absolute atomic E-state index is 0.613. The number of rotatable bonds is 8. The van der Waals surface area contributed by atoms with E-state index in [1.807, 2.05) is 18.2 Å². The summed E-state index contributed by atoms with van der Waals surface area (Å²) in [6, 6.07) is 14.7. The summed E-state index contributed by atoms with van der Waals surface area (Å²) in [5, 5.41) is 6.72. The van der Waals surface area contributed by atoms with E-state index in [2.05, 4.69) is 44.8 Å². The first kappa shape index (κ1) is 22.0. The van der Waals surface area contributed by atoms with E-state index in [1.54, 1.807) is 21.3 Å². The molecular weight excluding hydrogens is 376 g/mol. The van der Waals surface area contributed by atoms with Crippen LogP contribution in [0.1, 0.15) is 36.0 Å². The third-order valence-corrected chi connectivity index (χ3v) is 5.50. The summed E-state index contributed by atoms with van der Waals surface area (Å²) in [6.45, 7) is 4.85. The van der Waals surface area contributed by atoms with Gasteiger partial charge in [0.2, 0.25) is 0 Å². The van der Waals surface area contributed by atoms with Crippen LogP contribution in [0.4, 0.5) is 0 Å². The van der Waals surface area contributed by atoms with Gasteiger partial charge in [-0.1, -0.05) is 30.7 Å². The summed E-state index contributed by atoms with van der Waals surface area (Å²) in [6.07, 6.45) is 4.04. The standard InChI is InChI=1S/C24H34N4O2/c1-25-24(27-17-21-11-12-22(29-2)15-23(21)30-3)26-16-19-7-9-20(10-8-19)18-28-13-5-4-6-14-28/h7-12,15H,4-6,13-14,16-18H2,1-3H3,(H2,25,26,27). The average Bonchev–Trinajstić information content (AvgIpc) is 2.80. The van der Waals surface area contributed by atoms with Gasteiger partial charge in [0.1, 0.15) is 11.5 Å². The van der Waals surface area contributed by atoms with Gasteiger partial charge in [0.05, 0.1) is 14.2 Å². The molecule has 0 radical (unpaired) electrons. The average molecular weight is 411 g/mol. The zero-order valence-electron chi connectivity index (χ0n) is 18.4. The number of likely N-dealkylation sites (tertiary alicyclic amines) is 1. The van der Waals surface area contributed by atoms with Crippen molar-refractivity contribution >= 4 is 5.96 Å². The smallest absolute Gasteiger partial charge is 0.191 e. The van der Waals surface area contributed by atoms with E-state index >= 15 is 0 Å². The van der Waals surface area contributed by atoms with Crippen molar-refractivity contribution in [1.82, 2.24) is 15.5 Å². The molecule has 0 aromatic heterocycles. The summed E-state index contributed by atoms with van der Waals surface area (Å²) >= 11 is 0. The van der Waals surface area contributed by atoms with Crippen molar-refractivity contribution in [2.75, 3.05) is 34.4 Å². The molecule has 2 aromatic carbocycles. The maximum absolute atomic E-state index is 5.46. The topological polar surface area (TPSA) is 58.1 Å². The number of hydrogen-bond acceptors (Lipinski definition) is 4. The minimum atomic E-state index is 0.613. The highest BCUT2D eigenvalue weighted by Crippen LogP contribution is 2.24. The monoisotopic (exact) mass is 410 g/mol. The van der Waals surface area contributed by atoms with Gasteiger partial charge < -0.3 is 20.1 Å². The SMILES string of the molecule is CN=C(NCc1ccc(CN2CCCCC2)cc1)NCc1ccc(OC)cc1OC. The molecule has 0 aliphatic carbocycles. The Morgan fingerprint density at radius 3 is 2.27 bits per heavy atom. The Labute approximate surface area is 180 Å². The van der Waals surface area contributed by atoms with E-state index < -0.39 is 0 Å². The highest BCUT2D eigenvalue weighted by molar-refractivity contribution is 5.79. The minimum Gasteiger partial charge on any atom is -0.497 e. The fraction of sp³-hybridized carbons (Fsp3) is 0.458. The number of piperidine rings is 1. The van der Waals surface area contributed by atoms with Crippen LogP contribution in [0.25, 0.3) is 0 Å². The molecule has 1 aliphatic rings. The Hall–Kier alpha value is -2.73. The lowest BCUT2D eigenvalue weighted by molar-refractivity contribution is 0.221. The van der Waals surface area contributed by atoms with Crippen molar-refractivity contribution in [2.45, 2.75) is 38.9 Å². The van der Waals surface area contributed by atoms with Crippen LogP contribution in [0, 0.1) is 0 Å². The van der Waals surface area contributed by atoms with E-state index in [-0.39, 0.29) is 0 Å². The highest BCUT2D eigenvalue weighted by Gasteiger charge is 2.10. The molecule has 0 saturated carbocycles. The first-order valence-electron chi connectivity index (χ1n) is 10.7. The maximum Gasteiger partial charge on any atom is 0.191 e. The largest absolute Gasteiger partial charge is 0.497 e. The second-order valence-corrected chi connectivity index (χ2v) is 7.61. The molecule has 0 bridgehead atoms. The number of nitrogens with zero attached hydrogens (tertiary/aromatic N) is 2. The number of benzene rings is 2. The van der Waals surface area contributed by atoms with Crippen LogP contribution in [-0.2, 0) is 19.6 Å². The highest BCUT2D eigenvalue weighted by atomic mass is 16.5. The van der Waals surface area contributed by atoms with Crippen molar-refractivity contribution in [3.8, 4) is 11.5 Å². The summed E-state index contributed by atoms with van der Waals surface area (Å²) in [5.41, 5.74) is 3.67. The summed E-state index contributed by atoms with van der Waals surface area (Å²) in [7, 11) is 5.10. The molecule has 2 N–H and O–H groups in total. The van der Waals surface area contributed by atoms with Gasteiger partial charge >= 0.3 is 0 Å². The molecule has 3 rings (SSSR count). The van der Waals surface area contributed by atoms with Crippen molar-refractivity contribution in [3.05, 3.63) is 59.2 Å². The normalized spacial score (nSPS) is 15.0. The zero-order valence-corrected chi connectivity index (χ0v) is 18.4. The molecule has 0 amide bonds. The molecule has 0 atom stereocenters. The van der Waals surface area contributed by atoms with Gasteiger partial charge in [-0.25, -0.2) is 0 Å². The third-order valence-electron chi connectivity index (χ3n) is 5.50. The summed E-state index contributed by atoms with van der Waals surface area (Å²) in [4.78, 5) is 6.88. The number of hydrogen-bond donors (Lipinski definition) is 2. The van der Waals surface area contributed by atoms with E-state index in [0.717, 1.165) is 36.1 Å². The number of nitrogens with one attached hydrogen (secondary N) is 2. The van der Waals surface area contributed by atoms with Crippen LogP contribution in [0.2, 0.25) is 0 Å². The molecule has 1 saturated heterocycles. The molecule has 162 valence electrons. The molecule has 30 heavy (non-hydrogen) atoms. The fourth-order valence-corrected chi connectivity index (χ4v) is 3.72. The number of ether oxygens (including phenoxy) is 2. The molecule has 0 unspecified atom stereocenters. The van der Waals surface area contributed by atoms with Gasteiger partial charge in [-0.3, -0.25) is 9.89 Å². The van der Waals surface area contributed by atoms with Gasteiger partial charge in [0.25, 0.3) is 0 Å². The third kappa shape index (κ3) is 6.39.